The Hall–Kier alpha value is -3.14. The van der Waals surface area contributed by atoms with Gasteiger partial charge in [0.2, 0.25) is 11.8 Å². The minimum absolute atomic E-state index is 0.00434. The van der Waals surface area contributed by atoms with Crippen LogP contribution in [0.15, 0.2) is 18.2 Å². The first kappa shape index (κ1) is 21.6. The average Bonchev–Trinajstić information content (AvgIpc) is 2.67. The van der Waals surface area contributed by atoms with Gasteiger partial charge in [0.05, 0.1) is 25.5 Å². The summed E-state index contributed by atoms with van der Waals surface area (Å²) < 4.78 is 25.0. The first-order valence-corrected chi connectivity index (χ1v) is 9.72. The Morgan fingerprint density at radius 2 is 1.80 bits per heavy atom. The highest BCUT2D eigenvalue weighted by atomic mass is 19.1. The van der Waals surface area contributed by atoms with Crippen molar-refractivity contribution in [3.05, 3.63) is 29.6 Å². The van der Waals surface area contributed by atoms with E-state index in [1.807, 2.05) is 6.92 Å². The van der Waals surface area contributed by atoms with Crippen LogP contribution in [0, 0.1) is 11.7 Å². The molecule has 0 spiro atoms. The fourth-order valence-electron chi connectivity index (χ4n) is 3.41. The molecule has 3 rings (SSSR count). The number of carbonyl (C=O) groups is 1. The highest BCUT2D eigenvalue weighted by molar-refractivity contribution is 5.98. The number of carbonyl (C=O) groups excluding carboxylic acids is 1. The van der Waals surface area contributed by atoms with Gasteiger partial charge in [0, 0.05) is 24.2 Å². The SMILES string of the molecule is COc1cc(Nc2nc(N[C@H](C3CCC3)[C@H](C)N)c(F)cc2C(N)=O)cc(OC)n1. The first-order valence-electron chi connectivity index (χ1n) is 9.72. The van der Waals surface area contributed by atoms with Gasteiger partial charge in [-0.15, -0.1) is 0 Å². The van der Waals surface area contributed by atoms with Gasteiger partial charge in [0.15, 0.2) is 11.6 Å². The summed E-state index contributed by atoms with van der Waals surface area (Å²) in [6, 6.07) is 3.91. The lowest BCUT2D eigenvalue weighted by molar-refractivity contribution is 0.100. The molecule has 2 aromatic heterocycles. The van der Waals surface area contributed by atoms with Crippen LogP contribution in [0.1, 0.15) is 36.5 Å². The van der Waals surface area contributed by atoms with E-state index in [2.05, 4.69) is 20.6 Å². The van der Waals surface area contributed by atoms with Crippen molar-refractivity contribution in [1.82, 2.24) is 9.97 Å². The number of halogens is 1. The number of primary amides is 1. The molecule has 1 amide bonds. The van der Waals surface area contributed by atoms with E-state index >= 15 is 0 Å². The molecule has 0 aromatic carbocycles. The van der Waals surface area contributed by atoms with Gasteiger partial charge < -0.3 is 31.6 Å². The number of nitrogens with one attached hydrogen (secondary N) is 2. The van der Waals surface area contributed by atoms with Crippen LogP contribution in [-0.2, 0) is 0 Å². The number of nitrogens with two attached hydrogens (primary N) is 2. The second-order valence-electron chi connectivity index (χ2n) is 7.36. The van der Waals surface area contributed by atoms with E-state index in [1.54, 1.807) is 12.1 Å². The van der Waals surface area contributed by atoms with Crippen LogP contribution in [0.4, 0.5) is 21.7 Å². The Morgan fingerprint density at radius 3 is 2.27 bits per heavy atom. The predicted molar refractivity (Wildman–Crippen MR) is 112 cm³/mol. The van der Waals surface area contributed by atoms with Crippen LogP contribution in [0.2, 0.25) is 0 Å². The van der Waals surface area contributed by atoms with Crippen LogP contribution in [0.3, 0.4) is 0 Å². The number of ether oxygens (including phenoxy) is 2. The zero-order valence-electron chi connectivity index (χ0n) is 17.2. The van der Waals surface area contributed by atoms with Gasteiger partial charge in [-0.1, -0.05) is 6.42 Å². The number of pyridine rings is 2. The molecule has 10 heteroatoms. The van der Waals surface area contributed by atoms with Crippen LogP contribution >= 0.6 is 0 Å². The third-order valence-corrected chi connectivity index (χ3v) is 5.23. The molecule has 6 N–H and O–H groups in total. The van der Waals surface area contributed by atoms with Crippen molar-refractivity contribution in [2.45, 2.75) is 38.3 Å². The van der Waals surface area contributed by atoms with Crippen LogP contribution in [0.25, 0.3) is 0 Å². The molecule has 1 saturated carbocycles. The maximum Gasteiger partial charge on any atom is 0.252 e. The number of hydrogen-bond acceptors (Lipinski definition) is 8. The van der Waals surface area contributed by atoms with E-state index in [9.17, 15) is 9.18 Å². The molecule has 162 valence electrons. The molecular formula is C20H27FN6O3. The smallest absolute Gasteiger partial charge is 0.252 e. The molecule has 2 atom stereocenters. The predicted octanol–water partition coefficient (Wildman–Crippen LogP) is 2.40. The van der Waals surface area contributed by atoms with E-state index < -0.39 is 11.7 Å². The van der Waals surface area contributed by atoms with Crippen LogP contribution < -0.4 is 31.6 Å². The molecule has 0 aliphatic heterocycles. The molecule has 0 unspecified atom stereocenters. The molecule has 1 fully saturated rings. The normalized spacial score (nSPS) is 15.6. The van der Waals surface area contributed by atoms with Crippen molar-refractivity contribution >= 4 is 23.2 Å². The molecule has 30 heavy (non-hydrogen) atoms. The summed E-state index contributed by atoms with van der Waals surface area (Å²) in [7, 11) is 2.93. The summed E-state index contributed by atoms with van der Waals surface area (Å²) in [6.07, 6.45) is 3.19. The molecule has 0 radical (unpaired) electrons. The average molecular weight is 418 g/mol. The highest BCUT2D eigenvalue weighted by Crippen LogP contribution is 2.33. The van der Waals surface area contributed by atoms with Gasteiger partial charge in [0.25, 0.3) is 5.91 Å². The van der Waals surface area contributed by atoms with Gasteiger partial charge in [-0.3, -0.25) is 4.79 Å². The van der Waals surface area contributed by atoms with Crippen molar-refractivity contribution in [2.75, 3.05) is 24.9 Å². The minimum atomic E-state index is -0.814. The van der Waals surface area contributed by atoms with Crippen molar-refractivity contribution < 1.29 is 18.7 Å². The van der Waals surface area contributed by atoms with Gasteiger partial charge >= 0.3 is 0 Å². The van der Waals surface area contributed by atoms with Crippen LogP contribution in [0.5, 0.6) is 11.8 Å². The fraction of sp³-hybridized carbons (Fsp3) is 0.450. The number of methoxy groups -OCH3 is 2. The molecule has 1 aliphatic carbocycles. The third-order valence-electron chi connectivity index (χ3n) is 5.23. The second-order valence-corrected chi connectivity index (χ2v) is 7.36. The Bertz CT molecular complexity index is 897. The van der Waals surface area contributed by atoms with E-state index in [0.29, 0.717) is 23.4 Å². The number of aromatic nitrogens is 2. The number of hydrogen-bond donors (Lipinski definition) is 4. The number of rotatable bonds is 9. The van der Waals surface area contributed by atoms with E-state index in [-0.39, 0.29) is 29.3 Å². The van der Waals surface area contributed by atoms with E-state index in [1.165, 1.54) is 14.2 Å². The molecule has 9 nitrogen and oxygen atoms in total. The molecule has 2 heterocycles. The van der Waals surface area contributed by atoms with E-state index in [4.69, 9.17) is 20.9 Å². The summed E-state index contributed by atoms with van der Waals surface area (Å²) in [4.78, 5) is 20.3. The Balaban J connectivity index is 1.96. The highest BCUT2D eigenvalue weighted by Gasteiger charge is 2.31. The summed E-state index contributed by atoms with van der Waals surface area (Å²) in [5, 5.41) is 6.10. The second kappa shape index (κ2) is 9.12. The van der Waals surface area contributed by atoms with Crippen molar-refractivity contribution in [3.63, 3.8) is 0 Å². The van der Waals surface area contributed by atoms with Crippen molar-refractivity contribution in [3.8, 4) is 11.8 Å². The molecule has 0 bridgehead atoms. The fourth-order valence-corrected chi connectivity index (χ4v) is 3.41. The largest absolute Gasteiger partial charge is 0.481 e. The van der Waals surface area contributed by atoms with Gasteiger partial charge in [-0.05, 0) is 31.7 Å². The molecule has 1 aliphatic rings. The maximum atomic E-state index is 14.7. The Labute approximate surface area is 174 Å². The Morgan fingerprint density at radius 1 is 1.17 bits per heavy atom. The van der Waals surface area contributed by atoms with Crippen molar-refractivity contribution in [2.24, 2.45) is 17.4 Å². The van der Waals surface area contributed by atoms with Gasteiger partial charge in [0.1, 0.15) is 5.82 Å². The summed E-state index contributed by atoms with van der Waals surface area (Å²) in [5.74, 6) is -0.453. The molecule has 2 aromatic rings. The zero-order valence-corrected chi connectivity index (χ0v) is 17.2. The number of nitrogens with zero attached hydrogens (tertiary/aromatic N) is 2. The lowest BCUT2D eigenvalue weighted by Crippen LogP contribution is -2.46. The Kier molecular flexibility index (Phi) is 6.56. The minimum Gasteiger partial charge on any atom is -0.481 e. The lowest BCUT2D eigenvalue weighted by Gasteiger charge is -2.37. The summed E-state index contributed by atoms with van der Waals surface area (Å²) in [5.41, 5.74) is 11.9. The third kappa shape index (κ3) is 4.70. The summed E-state index contributed by atoms with van der Waals surface area (Å²) in [6.45, 7) is 1.88. The summed E-state index contributed by atoms with van der Waals surface area (Å²) >= 11 is 0. The maximum absolute atomic E-state index is 14.7. The number of amides is 1. The molecule has 0 saturated heterocycles. The van der Waals surface area contributed by atoms with Crippen molar-refractivity contribution in [1.29, 1.82) is 0 Å². The monoisotopic (exact) mass is 418 g/mol. The lowest BCUT2D eigenvalue weighted by atomic mass is 9.77. The topological polar surface area (TPSA) is 137 Å². The van der Waals surface area contributed by atoms with Gasteiger partial charge in [-0.2, -0.15) is 4.98 Å². The van der Waals surface area contributed by atoms with Gasteiger partial charge in [-0.25, -0.2) is 9.37 Å². The quantitative estimate of drug-likeness (QED) is 0.487. The molecular weight excluding hydrogens is 391 g/mol. The first-order chi connectivity index (χ1) is 14.3. The standard InChI is InChI=1S/C20H27FN6O3/c1-10(22)17(11-5-4-6-11)26-20-14(21)9-13(18(23)28)19(27-20)24-12-7-15(29-2)25-16(8-12)30-3/h7-11,17H,4-6,22H2,1-3H3,(H2,23,28)(H2,24,25,26,27)/t10-,17-/m0/s1. The van der Waals surface area contributed by atoms with Crippen LogP contribution in [-0.4, -0.2) is 42.2 Å². The zero-order chi connectivity index (χ0) is 21.8. The number of anilines is 3. The van der Waals surface area contributed by atoms with E-state index in [0.717, 1.165) is 25.3 Å².